The predicted molar refractivity (Wildman–Crippen MR) is 45.5 cm³/mol. The average molecular weight is 187 g/mol. The zero-order valence-electron chi connectivity index (χ0n) is 7.26. The fourth-order valence-electron chi connectivity index (χ4n) is 0.813. The molecule has 0 aliphatic rings. The summed E-state index contributed by atoms with van der Waals surface area (Å²) >= 11 is 0. The van der Waals surface area contributed by atoms with Gasteiger partial charge < -0.3 is 10.5 Å². The molecule has 0 heterocycles. The van der Waals surface area contributed by atoms with Crippen LogP contribution in [0.2, 0.25) is 0 Å². The zero-order chi connectivity index (χ0) is 9.84. The van der Waals surface area contributed by atoms with Gasteiger partial charge in [0.15, 0.2) is 11.6 Å². The first-order chi connectivity index (χ1) is 6.09. The Labute approximate surface area is 75.3 Å². The Balaban J connectivity index is 2.67. The van der Waals surface area contributed by atoms with E-state index >= 15 is 0 Å². The molecule has 2 N–H and O–H groups in total. The maximum absolute atomic E-state index is 12.9. The maximum atomic E-state index is 12.9. The lowest BCUT2D eigenvalue weighted by atomic mass is 10.3. The third-order valence-corrected chi connectivity index (χ3v) is 1.40. The number of ether oxygens (including phenoxy) is 1. The van der Waals surface area contributed by atoms with Crippen LogP contribution in [-0.2, 0) is 0 Å². The molecule has 0 radical (unpaired) electrons. The molecular weight excluding hydrogens is 176 g/mol. The zero-order valence-corrected chi connectivity index (χ0v) is 7.26. The SMILES string of the molecule is C[C@@H](N)COc1ccc(F)cc1F. The second-order valence-electron chi connectivity index (χ2n) is 2.86. The van der Waals surface area contributed by atoms with Crippen molar-refractivity contribution in [2.75, 3.05) is 6.61 Å². The highest BCUT2D eigenvalue weighted by atomic mass is 19.1. The number of rotatable bonds is 3. The van der Waals surface area contributed by atoms with E-state index in [9.17, 15) is 8.78 Å². The lowest BCUT2D eigenvalue weighted by Crippen LogP contribution is -2.23. The number of nitrogens with two attached hydrogens (primary N) is 1. The largest absolute Gasteiger partial charge is 0.489 e. The summed E-state index contributed by atoms with van der Waals surface area (Å²) in [4.78, 5) is 0. The number of halogens is 2. The van der Waals surface area contributed by atoms with E-state index in [1.807, 2.05) is 0 Å². The van der Waals surface area contributed by atoms with E-state index in [0.29, 0.717) is 0 Å². The van der Waals surface area contributed by atoms with Gasteiger partial charge in [0.05, 0.1) is 0 Å². The van der Waals surface area contributed by atoms with Gasteiger partial charge in [0, 0.05) is 12.1 Å². The Bertz CT molecular complexity index is 289. The molecule has 1 atom stereocenters. The van der Waals surface area contributed by atoms with Crippen molar-refractivity contribution in [3.8, 4) is 5.75 Å². The summed E-state index contributed by atoms with van der Waals surface area (Å²) in [6.45, 7) is 1.95. The average Bonchev–Trinajstić information content (AvgIpc) is 2.02. The van der Waals surface area contributed by atoms with Gasteiger partial charge in [-0.2, -0.15) is 0 Å². The first-order valence-electron chi connectivity index (χ1n) is 3.93. The molecule has 13 heavy (non-hydrogen) atoms. The fourth-order valence-corrected chi connectivity index (χ4v) is 0.813. The highest BCUT2D eigenvalue weighted by Gasteiger charge is 2.05. The summed E-state index contributed by atoms with van der Waals surface area (Å²) in [6, 6.07) is 2.98. The number of benzene rings is 1. The van der Waals surface area contributed by atoms with Crippen molar-refractivity contribution in [2.45, 2.75) is 13.0 Å². The third-order valence-electron chi connectivity index (χ3n) is 1.40. The van der Waals surface area contributed by atoms with E-state index in [1.54, 1.807) is 6.92 Å². The maximum Gasteiger partial charge on any atom is 0.167 e. The van der Waals surface area contributed by atoms with Gasteiger partial charge in [-0.1, -0.05) is 0 Å². The molecule has 0 aromatic heterocycles. The van der Waals surface area contributed by atoms with E-state index in [-0.39, 0.29) is 18.4 Å². The lowest BCUT2D eigenvalue weighted by molar-refractivity contribution is 0.281. The van der Waals surface area contributed by atoms with Crippen LogP contribution in [-0.4, -0.2) is 12.6 Å². The highest BCUT2D eigenvalue weighted by Crippen LogP contribution is 2.17. The normalized spacial score (nSPS) is 12.6. The van der Waals surface area contributed by atoms with Gasteiger partial charge in [-0.05, 0) is 19.1 Å². The van der Waals surface area contributed by atoms with Crippen LogP contribution in [0.5, 0.6) is 5.75 Å². The fraction of sp³-hybridized carbons (Fsp3) is 0.333. The second-order valence-corrected chi connectivity index (χ2v) is 2.86. The second kappa shape index (κ2) is 4.18. The molecule has 4 heteroatoms. The van der Waals surface area contributed by atoms with Crippen molar-refractivity contribution in [1.29, 1.82) is 0 Å². The van der Waals surface area contributed by atoms with Gasteiger partial charge in [0.1, 0.15) is 12.4 Å². The predicted octanol–water partition coefficient (Wildman–Crippen LogP) is 1.69. The minimum Gasteiger partial charge on any atom is -0.489 e. The molecule has 0 spiro atoms. The summed E-state index contributed by atoms with van der Waals surface area (Å²) in [6.07, 6.45) is 0. The van der Waals surface area contributed by atoms with Crippen molar-refractivity contribution >= 4 is 0 Å². The van der Waals surface area contributed by atoms with Crippen molar-refractivity contribution in [2.24, 2.45) is 5.73 Å². The Hall–Kier alpha value is -1.16. The third kappa shape index (κ3) is 2.99. The Morgan fingerprint density at radius 2 is 2.15 bits per heavy atom. The minimum atomic E-state index is -0.708. The van der Waals surface area contributed by atoms with Gasteiger partial charge in [-0.3, -0.25) is 0 Å². The van der Waals surface area contributed by atoms with E-state index in [1.165, 1.54) is 6.07 Å². The van der Waals surface area contributed by atoms with Crippen LogP contribution >= 0.6 is 0 Å². The molecule has 72 valence electrons. The lowest BCUT2D eigenvalue weighted by Gasteiger charge is -2.08. The van der Waals surface area contributed by atoms with E-state index in [4.69, 9.17) is 10.5 Å². The first-order valence-corrected chi connectivity index (χ1v) is 3.93. The van der Waals surface area contributed by atoms with Crippen molar-refractivity contribution in [3.63, 3.8) is 0 Å². The molecule has 0 fully saturated rings. The standard InChI is InChI=1S/C9H11F2NO/c1-6(12)5-13-9-3-2-7(10)4-8(9)11/h2-4,6H,5,12H2,1H3/t6-/m1/s1. The Morgan fingerprint density at radius 3 is 2.69 bits per heavy atom. The van der Waals surface area contributed by atoms with Crippen LogP contribution in [0, 0.1) is 11.6 Å². The molecule has 0 saturated carbocycles. The van der Waals surface area contributed by atoms with Crippen molar-refractivity contribution in [1.82, 2.24) is 0 Å². The van der Waals surface area contributed by atoms with E-state index in [2.05, 4.69) is 0 Å². The molecule has 2 nitrogen and oxygen atoms in total. The smallest absolute Gasteiger partial charge is 0.167 e. The van der Waals surface area contributed by atoms with Crippen LogP contribution in [0.3, 0.4) is 0 Å². The van der Waals surface area contributed by atoms with Gasteiger partial charge in [0.25, 0.3) is 0 Å². The molecule has 0 saturated heterocycles. The summed E-state index contributed by atoms with van der Waals surface area (Å²) < 4.78 is 30.3. The Kier molecular flexibility index (Phi) is 3.19. The van der Waals surface area contributed by atoms with Crippen LogP contribution < -0.4 is 10.5 Å². The van der Waals surface area contributed by atoms with Crippen molar-refractivity contribution in [3.05, 3.63) is 29.8 Å². The summed E-state index contributed by atoms with van der Waals surface area (Å²) in [5, 5.41) is 0. The topological polar surface area (TPSA) is 35.2 Å². The molecule has 0 amide bonds. The van der Waals surface area contributed by atoms with Gasteiger partial charge in [-0.25, -0.2) is 8.78 Å². The molecule has 0 unspecified atom stereocenters. The van der Waals surface area contributed by atoms with Crippen LogP contribution in [0.15, 0.2) is 18.2 Å². The Morgan fingerprint density at radius 1 is 1.46 bits per heavy atom. The van der Waals surface area contributed by atoms with Gasteiger partial charge in [0.2, 0.25) is 0 Å². The van der Waals surface area contributed by atoms with Crippen LogP contribution in [0.4, 0.5) is 8.78 Å². The molecule has 0 aliphatic carbocycles. The monoisotopic (exact) mass is 187 g/mol. The van der Waals surface area contributed by atoms with Crippen LogP contribution in [0.25, 0.3) is 0 Å². The van der Waals surface area contributed by atoms with Crippen LogP contribution in [0.1, 0.15) is 6.92 Å². The molecule has 0 bridgehead atoms. The number of hydrogen-bond donors (Lipinski definition) is 1. The van der Waals surface area contributed by atoms with E-state index < -0.39 is 11.6 Å². The molecular formula is C9H11F2NO. The van der Waals surface area contributed by atoms with Crippen molar-refractivity contribution < 1.29 is 13.5 Å². The van der Waals surface area contributed by atoms with E-state index in [0.717, 1.165) is 12.1 Å². The molecule has 1 aromatic carbocycles. The number of hydrogen-bond acceptors (Lipinski definition) is 2. The first kappa shape index (κ1) is 9.92. The minimum absolute atomic E-state index is 0.0266. The van der Waals surface area contributed by atoms with Gasteiger partial charge in [-0.15, -0.1) is 0 Å². The quantitative estimate of drug-likeness (QED) is 0.781. The summed E-state index contributed by atoms with van der Waals surface area (Å²) in [7, 11) is 0. The molecule has 0 aliphatic heterocycles. The summed E-state index contributed by atoms with van der Waals surface area (Å²) in [5.41, 5.74) is 5.40. The highest BCUT2D eigenvalue weighted by molar-refractivity contribution is 5.24. The molecule has 1 aromatic rings. The molecule has 1 rings (SSSR count). The summed E-state index contributed by atoms with van der Waals surface area (Å²) in [5.74, 6) is -1.30. The van der Waals surface area contributed by atoms with Gasteiger partial charge >= 0.3 is 0 Å².